The highest BCUT2D eigenvalue weighted by atomic mass is 32.1. The van der Waals surface area contributed by atoms with Crippen LogP contribution in [0.5, 0.6) is 0 Å². The van der Waals surface area contributed by atoms with E-state index in [1.807, 2.05) is 19.9 Å². The monoisotopic (exact) mass is 180 g/mol. The molecule has 0 atom stereocenters. The normalized spacial score (nSPS) is 14.2. The molecule has 0 heterocycles. The van der Waals surface area contributed by atoms with E-state index in [1.165, 1.54) is 0 Å². The molecule has 0 nitrogen and oxygen atoms in total. The molecule has 66 valence electrons. The third kappa shape index (κ3) is 3.69. The lowest BCUT2D eigenvalue weighted by Gasteiger charge is -2.04. The molecule has 0 radical (unpaired) electrons. The highest BCUT2D eigenvalue weighted by molar-refractivity contribution is 7.84. The fourth-order valence-electron chi connectivity index (χ4n) is 0.611. The van der Waals surface area contributed by atoms with E-state index in [4.69, 9.17) is 6.42 Å². The van der Waals surface area contributed by atoms with Crippen LogP contribution in [0.2, 0.25) is 0 Å². The molecule has 0 rings (SSSR count). The highest BCUT2D eigenvalue weighted by Crippen LogP contribution is 2.17. The summed E-state index contributed by atoms with van der Waals surface area (Å²) in [5.41, 5.74) is 2.10. The van der Waals surface area contributed by atoms with Gasteiger partial charge in [-0.25, -0.2) is 0 Å². The highest BCUT2D eigenvalue weighted by Gasteiger charge is 1.97. The Bertz CT molecular complexity index is 249. The van der Waals surface area contributed by atoms with Gasteiger partial charge in [-0.2, -0.15) is 0 Å². The summed E-state index contributed by atoms with van der Waals surface area (Å²) < 4.78 is 0. The first-order chi connectivity index (χ1) is 5.49. The molecule has 0 aromatic heterocycles. The van der Waals surface area contributed by atoms with Gasteiger partial charge in [0.1, 0.15) is 0 Å². The standard InChI is InChI=1S/C11H16S/c1-6-9(4)10(5)7-11(12)8(2)3/h1,7-8,12H,2-5H3/b10-9+,11-7-. The summed E-state index contributed by atoms with van der Waals surface area (Å²) in [7, 11) is 0. The maximum atomic E-state index is 5.26. The van der Waals surface area contributed by atoms with Crippen molar-refractivity contribution in [1.82, 2.24) is 0 Å². The van der Waals surface area contributed by atoms with Crippen LogP contribution in [0.15, 0.2) is 22.1 Å². The summed E-state index contributed by atoms with van der Waals surface area (Å²) >= 11 is 4.36. The number of rotatable bonds is 2. The Kier molecular flexibility index (Phi) is 4.85. The number of hydrogen-bond acceptors (Lipinski definition) is 1. The van der Waals surface area contributed by atoms with Crippen molar-refractivity contribution >= 4 is 12.6 Å². The third-order valence-electron chi connectivity index (χ3n) is 1.76. The Morgan fingerprint density at radius 2 is 1.92 bits per heavy atom. The van der Waals surface area contributed by atoms with E-state index in [-0.39, 0.29) is 0 Å². The Morgan fingerprint density at radius 1 is 1.42 bits per heavy atom. The molecule has 0 saturated heterocycles. The fraction of sp³-hybridized carbons (Fsp3) is 0.455. The topological polar surface area (TPSA) is 0 Å². The quantitative estimate of drug-likeness (QED) is 0.376. The molecule has 0 fully saturated rings. The second kappa shape index (κ2) is 5.11. The Hall–Kier alpha value is -0.610. The van der Waals surface area contributed by atoms with Gasteiger partial charge in [-0.3, -0.25) is 0 Å². The van der Waals surface area contributed by atoms with Crippen molar-refractivity contribution in [2.45, 2.75) is 27.7 Å². The van der Waals surface area contributed by atoms with Gasteiger partial charge in [0.25, 0.3) is 0 Å². The maximum Gasteiger partial charge on any atom is 0.00160 e. The van der Waals surface area contributed by atoms with Crippen molar-refractivity contribution in [3.63, 3.8) is 0 Å². The first kappa shape index (κ1) is 11.4. The Balaban J connectivity index is 4.68. The molecule has 0 spiro atoms. The van der Waals surface area contributed by atoms with Crippen LogP contribution in [0, 0.1) is 18.3 Å². The second-order valence-electron chi connectivity index (χ2n) is 3.18. The zero-order valence-electron chi connectivity index (χ0n) is 8.18. The summed E-state index contributed by atoms with van der Waals surface area (Å²) in [6, 6.07) is 0. The van der Waals surface area contributed by atoms with Crippen molar-refractivity contribution in [1.29, 1.82) is 0 Å². The van der Waals surface area contributed by atoms with Gasteiger partial charge in [0.05, 0.1) is 0 Å². The third-order valence-corrected chi connectivity index (χ3v) is 2.41. The largest absolute Gasteiger partial charge is 0.148 e. The maximum absolute atomic E-state index is 5.26. The number of terminal acetylenes is 1. The van der Waals surface area contributed by atoms with Gasteiger partial charge in [-0.15, -0.1) is 19.1 Å². The van der Waals surface area contributed by atoms with Crippen LogP contribution < -0.4 is 0 Å². The van der Waals surface area contributed by atoms with E-state index in [9.17, 15) is 0 Å². The van der Waals surface area contributed by atoms with E-state index in [0.717, 1.165) is 16.1 Å². The van der Waals surface area contributed by atoms with Crippen LogP contribution in [0.3, 0.4) is 0 Å². The van der Waals surface area contributed by atoms with Crippen molar-refractivity contribution < 1.29 is 0 Å². The zero-order chi connectivity index (χ0) is 9.72. The zero-order valence-corrected chi connectivity index (χ0v) is 9.07. The first-order valence-corrected chi connectivity index (χ1v) is 4.48. The van der Waals surface area contributed by atoms with Crippen LogP contribution in [0.1, 0.15) is 27.7 Å². The molecule has 0 aliphatic carbocycles. The summed E-state index contributed by atoms with van der Waals surface area (Å²) in [6.07, 6.45) is 7.29. The number of thiol groups is 1. The second-order valence-corrected chi connectivity index (χ2v) is 3.69. The minimum atomic E-state index is 0.467. The number of allylic oxidation sites excluding steroid dienone is 4. The lowest BCUT2D eigenvalue weighted by molar-refractivity contribution is 0.817. The average molecular weight is 180 g/mol. The molecule has 0 N–H and O–H groups in total. The Morgan fingerprint density at radius 3 is 2.25 bits per heavy atom. The van der Waals surface area contributed by atoms with E-state index in [2.05, 4.69) is 32.4 Å². The van der Waals surface area contributed by atoms with Gasteiger partial charge >= 0.3 is 0 Å². The van der Waals surface area contributed by atoms with Crippen molar-refractivity contribution in [2.24, 2.45) is 5.92 Å². The molecular formula is C11H16S. The van der Waals surface area contributed by atoms with E-state index >= 15 is 0 Å². The van der Waals surface area contributed by atoms with Crippen LogP contribution in [-0.4, -0.2) is 0 Å². The van der Waals surface area contributed by atoms with Crippen LogP contribution in [-0.2, 0) is 0 Å². The van der Waals surface area contributed by atoms with Gasteiger partial charge in [0.2, 0.25) is 0 Å². The van der Waals surface area contributed by atoms with E-state index < -0.39 is 0 Å². The van der Waals surface area contributed by atoms with Gasteiger partial charge in [-0.05, 0) is 36.3 Å². The summed E-state index contributed by atoms with van der Waals surface area (Å²) in [5, 5.41) is 0. The minimum Gasteiger partial charge on any atom is -0.148 e. The predicted molar refractivity (Wildman–Crippen MR) is 59.1 cm³/mol. The summed E-state index contributed by atoms with van der Waals surface area (Å²) in [4.78, 5) is 1.07. The van der Waals surface area contributed by atoms with Gasteiger partial charge in [-0.1, -0.05) is 19.8 Å². The molecular weight excluding hydrogens is 164 g/mol. The molecule has 0 aromatic rings. The fourth-order valence-corrected chi connectivity index (χ4v) is 0.804. The van der Waals surface area contributed by atoms with Crippen molar-refractivity contribution in [3.05, 3.63) is 22.1 Å². The molecule has 0 unspecified atom stereocenters. The average Bonchev–Trinajstić information content (AvgIpc) is 2.02. The molecule has 1 heteroatoms. The molecule has 0 aliphatic heterocycles. The molecule has 0 aromatic carbocycles. The van der Waals surface area contributed by atoms with Gasteiger partial charge < -0.3 is 0 Å². The number of hydrogen-bond donors (Lipinski definition) is 1. The molecule has 0 saturated carbocycles. The lowest BCUT2D eigenvalue weighted by Crippen LogP contribution is -1.87. The molecule has 0 amide bonds. The Labute approximate surface area is 81.2 Å². The smallest absolute Gasteiger partial charge is 0.00160 e. The molecule has 0 bridgehead atoms. The predicted octanol–water partition coefficient (Wildman–Crippen LogP) is 3.43. The first-order valence-electron chi connectivity index (χ1n) is 4.03. The summed E-state index contributed by atoms with van der Waals surface area (Å²) in [5.74, 6) is 3.08. The van der Waals surface area contributed by atoms with Crippen LogP contribution >= 0.6 is 12.6 Å². The van der Waals surface area contributed by atoms with E-state index in [1.54, 1.807) is 0 Å². The molecule has 12 heavy (non-hydrogen) atoms. The lowest BCUT2D eigenvalue weighted by atomic mass is 10.1. The van der Waals surface area contributed by atoms with Crippen molar-refractivity contribution in [3.8, 4) is 12.3 Å². The van der Waals surface area contributed by atoms with Crippen molar-refractivity contribution in [2.75, 3.05) is 0 Å². The van der Waals surface area contributed by atoms with Gasteiger partial charge in [0.15, 0.2) is 0 Å². The minimum absolute atomic E-state index is 0.467. The SMILES string of the molecule is C#C/C(C)=C(C)/C=C(\S)C(C)C. The van der Waals surface area contributed by atoms with Gasteiger partial charge in [0, 0.05) is 5.57 Å². The van der Waals surface area contributed by atoms with Crippen LogP contribution in [0.4, 0.5) is 0 Å². The summed E-state index contributed by atoms with van der Waals surface area (Å²) in [6.45, 7) is 8.16. The van der Waals surface area contributed by atoms with E-state index in [0.29, 0.717) is 5.92 Å². The molecule has 0 aliphatic rings. The van der Waals surface area contributed by atoms with Crippen LogP contribution in [0.25, 0.3) is 0 Å².